The van der Waals surface area contributed by atoms with Crippen molar-refractivity contribution in [2.75, 3.05) is 0 Å². The van der Waals surface area contributed by atoms with Crippen molar-refractivity contribution in [1.29, 1.82) is 0 Å². The van der Waals surface area contributed by atoms with Crippen LogP contribution in [0.2, 0.25) is 0 Å². The molecule has 1 unspecified atom stereocenters. The number of nitrogens with zero attached hydrogens (tertiary/aromatic N) is 6. The van der Waals surface area contributed by atoms with Crippen LogP contribution in [0.15, 0.2) is 22.7 Å². The molecule has 0 bridgehead atoms. The Balaban J connectivity index is 1.54. The molecule has 3 aromatic rings. The number of thiazole rings is 1. The quantitative estimate of drug-likeness (QED) is 0.673. The van der Waals surface area contributed by atoms with Gasteiger partial charge in [-0.25, -0.2) is 9.67 Å². The minimum Gasteiger partial charge on any atom is -0.609 e. The van der Waals surface area contributed by atoms with E-state index in [4.69, 9.17) is 0 Å². The van der Waals surface area contributed by atoms with Crippen molar-refractivity contribution in [3.63, 3.8) is 0 Å². The molecule has 0 aliphatic heterocycles. The van der Waals surface area contributed by atoms with Gasteiger partial charge in [-0.3, -0.25) is 0 Å². The lowest BCUT2D eigenvalue weighted by molar-refractivity contribution is 0.318. The Morgan fingerprint density at radius 3 is 3.00 bits per heavy atom. The minimum atomic E-state index is -1.26. The number of hydrogen-bond acceptors (Lipinski definition) is 7. The molecular weight excluding hydrogens is 332 g/mol. The Hall–Kier alpha value is -1.58. The maximum Gasteiger partial charge on any atom is 0.304 e. The average Bonchev–Trinajstić information content (AvgIpc) is 3.22. The number of aromatic nitrogens is 6. The predicted molar refractivity (Wildman–Crippen MR) is 87.5 cm³/mol. The molecule has 0 aromatic carbocycles. The molecule has 1 atom stereocenters. The molecule has 0 spiro atoms. The highest BCUT2D eigenvalue weighted by molar-refractivity contribution is 7.92. The van der Waals surface area contributed by atoms with E-state index in [1.165, 1.54) is 30.6 Å². The zero-order valence-electron chi connectivity index (χ0n) is 12.5. The van der Waals surface area contributed by atoms with Gasteiger partial charge in [0.15, 0.2) is 5.75 Å². The Labute approximate surface area is 140 Å². The molecule has 9 heteroatoms. The number of tetrazole rings is 1. The van der Waals surface area contributed by atoms with Gasteiger partial charge in [0.1, 0.15) is 10.3 Å². The average molecular weight is 348 g/mol. The Morgan fingerprint density at radius 1 is 1.30 bits per heavy atom. The highest BCUT2D eigenvalue weighted by Crippen LogP contribution is 2.29. The second-order valence-corrected chi connectivity index (χ2v) is 8.23. The van der Waals surface area contributed by atoms with Crippen LogP contribution in [-0.2, 0) is 16.9 Å². The molecular formula is C14H16N6OS2. The van der Waals surface area contributed by atoms with Gasteiger partial charge in [0, 0.05) is 17.4 Å². The van der Waals surface area contributed by atoms with E-state index >= 15 is 0 Å². The first-order chi connectivity index (χ1) is 11.3. The maximum absolute atomic E-state index is 12.6. The predicted octanol–water partition coefficient (Wildman–Crippen LogP) is 2.49. The number of hydrogen-bond donors (Lipinski definition) is 0. The van der Waals surface area contributed by atoms with Gasteiger partial charge >= 0.3 is 4.34 Å². The molecule has 3 aromatic heterocycles. The SMILES string of the molecule is [O-][S+](Cc1nnnn1C1CCCCC1)c1nc2cccnc2s1. The lowest BCUT2D eigenvalue weighted by Crippen LogP contribution is -2.19. The first kappa shape index (κ1) is 15.0. The summed E-state index contributed by atoms with van der Waals surface area (Å²) in [5.41, 5.74) is 0.785. The van der Waals surface area contributed by atoms with Gasteiger partial charge in [-0.1, -0.05) is 19.3 Å². The zero-order chi connectivity index (χ0) is 15.6. The molecule has 120 valence electrons. The number of fused-ring (bicyclic) bond motifs is 1. The summed E-state index contributed by atoms with van der Waals surface area (Å²) in [4.78, 5) is 9.47. The van der Waals surface area contributed by atoms with Gasteiger partial charge in [-0.05, 0) is 46.7 Å². The first-order valence-electron chi connectivity index (χ1n) is 7.68. The Kier molecular flexibility index (Phi) is 4.23. The van der Waals surface area contributed by atoms with Crippen molar-refractivity contribution in [3.05, 3.63) is 24.2 Å². The summed E-state index contributed by atoms with van der Waals surface area (Å²) in [6.07, 6.45) is 7.59. The van der Waals surface area contributed by atoms with Crippen molar-refractivity contribution in [2.45, 2.75) is 48.2 Å². The van der Waals surface area contributed by atoms with Gasteiger partial charge in [0.25, 0.3) is 0 Å². The molecule has 7 nitrogen and oxygen atoms in total. The van der Waals surface area contributed by atoms with Crippen LogP contribution < -0.4 is 0 Å². The van der Waals surface area contributed by atoms with Gasteiger partial charge in [0.2, 0.25) is 5.82 Å². The van der Waals surface area contributed by atoms with Crippen LogP contribution in [0.25, 0.3) is 10.3 Å². The summed E-state index contributed by atoms with van der Waals surface area (Å²) >= 11 is 0.112. The lowest BCUT2D eigenvalue weighted by Gasteiger charge is -2.22. The van der Waals surface area contributed by atoms with Crippen LogP contribution in [0.3, 0.4) is 0 Å². The molecule has 1 aliphatic carbocycles. The highest BCUT2D eigenvalue weighted by Gasteiger charge is 2.25. The van der Waals surface area contributed by atoms with Crippen LogP contribution in [0.1, 0.15) is 44.0 Å². The van der Waals surface area contributed by atoms with E-state index < -0.39 is 11.2 Å². The van der Waals surface area contributed by atoms with Crippen molar-refractivity contribution >= 4 is 32.9 Å². The van der Waals surface area contributed by atoms with Crippen molar-refractivity contribution in [3.8, 4) is 0 Å². The summed E-state index contributed by atoms with van der Waals surface area (Å²) in [5.74, 6) is 0.978. The Bertz CT molecular complexity index is 764. The van der Waals surface area contributed by atoms with Crippen molar-refractivity contribution in [2.24, 2.45) is 0 Å². The van der Waals surface area contributed by atoms with Crippen LogP contribution >= 0.6 is 11.3 Å². The zero-order valence-corrected chi connectivity index (χ0v) is 14.1. The van der Waals surface area contributed by atoms with E-state index in [-0.39, 0.29) is 0 Å². The number of pyridine rings is 1. The van der Waals surface area contributed by atoms with Crippen LogP contribution in [0.5, 0.6) is 0 Å². The maximum atomic E-state index is 12.6. The van der Waals surface area contributed by atoms with Crippen molar-refractivity contribution < 1.29 is 4.55 Å². The minimum absolute atomic E-state index is 0.295. The van der Waals surface area contributed by atoms with Gasteiger partial charge in [-0.2, -0.15) is 4.98 Å². The van der Waals surface area contributed by atoms with E-state index in [0.717, 1.165) is 23.2 Å². The monoisotopic (exact) mass is 348 g/mol. The molecule has 0 saturated heterocycles. The largest absolute Gasteiger partial charge is 0.609 e. The van der Waals surface area contributed by atoms with Crippen molar-refractivity contribution in [1.82, 2.24) is 30.2 Å². The second kappa shape index (κ2) is 6.50. The van der Waals surface area contributed by atoms with Crippen LogP contribution in [-0.4, -0.2) is 34.7 Å². The summed E-state index contributed by atoms with van der Waals surface area (Å²) < 4.78 is 15.1. The second-order valence-electron chi connectivity index (χ2n) is 5.63. The van der Waals surface area contributed by atoms with Gasteiger partial charge in [-0.15, -0.1) is 5.10 Å². The summed E-state index contributed by atoms with van der Waals surface area (Å²) in [7, 11) is 0. The van der Waals surface area contributed by atoms with E-state index in [1.54, 1.807) is 6.20 Å². The molecule has 0 radical (unpaired) electrons. The third-order valence-electron chi connectivity index (χ3n) is 4.08. The highest BCUT2D eigenvalue weighted by atomic mass is 32.2. The molecule has 1 aliphatic rings. The van der Waals surface area contributed by atoms with Gasteiger partial charge < -0.3 is 4.55 Å². The van der Waals surface area contributed by atoms with E-state index in [1.807, 2.05) is 16.8 Å². The first-order valence-corrected chi connectivity index (χ1v) is 9.81. The normalized spacial score (nSPS) is 17.6. The third-order valence-corrected chi connectivity index (χ3v) is 6.67. The molecule has 1 saturated carbocycles. The summed E-state index contributed by atoms with van der Waals surface area (Å²) in [5, 5.41) is 12.0. The fraction of sp³-hybridized carbons (Fsp3) is 0.500. The molecule has 3 heterocycles. The molecule has 0 amide bonds. The standard InChI is InChI=1S/C14H16N6OS2/c21-23(14-16-11-7-4-8-15-13(11)22-14)9-12-17-18-19-20(12)10-5-2-1-3-6-10/h4,7-8,10H,1-3,5-6,9H2. The molecule has 0 N–H and O–H groups in total. The number of rotatable bonds is 4. The molecule has 23 heavy (non-hydrogen) atoms. The smallest absolute Gasteiger partial charge is 0.304 e. The molecule has 4 rings (SSSR count). The van der Waals surface area contributed by atoms with Crippen LogP contribution in [0, 0.1) is 0 Å². The van der Waals surface area contributed by atoms with E-state index in [0.29, 0.717) is 22.0 Å². The Morgan fingerprint density at radius 2 is 2.17 bits per heavy atom. The van der Waals surface area contributed by atoms with Gasteiger partial charge in [0.05, 0.1) is 6.04 Å². The topological polar surface area (TPSA) is 92.4 Å². The van der Waals surface area contributed by atoms with E-state index in [9.17, 15) is 4.55 Å². The fourth-order valence-electron chi connectivity index (χ4n) is 2.94. The summed E-state index contributed by atoms with van der Waals surface area (Å²) in [6, 6.07) is 4.05. The fourth-order valence-corrected chi connectivity index (χ4v) is 5.12. The third kappa shape index (κ3) is 3.08. The van der Waals surface area contributed by atoms with E-state index in [2.05, 4.69) is 25.5 Å². The molecule has 1 fully saturated rings. The van der Waals surface area contributed by atoms with Crippen LogP contribution in [0.4, 0.5) is 0 Å². The lowest BCUT2D eigenvalue weighted by atomic mass is 9.96. The summed E-state index contributed by atoms with van der Waals surface area (Å²) in [6.45, 7) is 0.